The molecule has 114 valence electrons. The van der Waals surface area contributed by atoms with Crippen LogP contribution < -0.4 is 0 Å². The minimum absolute atomic E-state index is 0.286. The number of carboxylic acid groups (broad SMARTS) is 1. The number of likely N-dealkylation sites (N-methyl/N-ethyl adjacent to an activating group) is 1. The van der Waals surface area contributed by atoms with Gasteiger partial charge >= 0.3 is 18.0 Å². The Morgan fingerprint density at radius 2 is 2.10 bits per heavy atom. The molecule has 20 heavy (non-hydrogen) atoms. The quantitative estimate of drug-likeness (QED) is 0.772. The normalized spacial score (nSPS) is 20.1. The molecule has 0 radical (unpaired) electrons. The Morgan fingerprint density at radius 1 is 1.45 bits per heavy atom. The molecule has 1 N–H and O–H groups in total. The highest BCUT2D eigenvalue weighted by molar-refractivity contribution is 5.83. The van der Waals surface area contributed by atoms with E-state index in [4.69, 9.17) is 9.84 Å². The predicted molar refractivity (Wildman–Crippen MR) is 71.2 cm³/mol. The number of hydrogen-bond acceptors (Lipinski definition) is 4. The Morgan fingerprint density at radius 3 is 2.65 bits per heavy atom. The fourth-order valence-corrected chi connectivity index (χ4v) is 2.16. The Hall–Kier alpha value is -1.79. The fourth-order valence-electron chi connectivity index (χ4n) is 2.16. The second-order valence-corrected chi connectivity index (χ2v) is 4.94. The molecule has 0 bridgehead atoms. The van der Waals surface area contributed by atoms with E-state index in [9.17, 15) is 14.4 Å². The lowest BCUT2D eigenvalue weighted by Crippen LogP contribution is -2.51. The summed E-state index contributed by atoms with van der Waals surface area (Å²) in [6.45, 7) is 4.33. The number of carbonyl (C=O) groups is 3. The van der Waals surface area contributed by atoms with Crippen LogP contribution >= 0.6 is 0 Å². The molecule has 2 amide bonds. The first-order chi connectivity index (χ1) is 9.38. The summed E-state index contributed by atoms with van der Waals surface area (Å²) in [5.41, 5.74) is 0. The van der Waals surface area contributed by atoms with E-state index in [-0.39, 0.29) is 24.5 Å². The van der Waals surface area contributed by atoms with E-state index in [0.29, 0.717) is 26.0 Å². The minimum atomic E-state index is -1.06. The molecule has 0 saturated carbocycles. The lowest BCUT2D eigenvalue weighted by atomic mass is 9.98. The average Bonchev–Trinajstić information content (AvgIpc) is 2.45. The van der Waals surface area contributed by atoms with Gasteiger partial charge in [-0.2, -0.15) is 0 Å². The van der Waals surface area contributed by atoms with E-state index < -0.39 is 12.0 Å². The molecule has 2 unspecified atom stereocenters. The molecule has 1 heterocycles. The minimum Gasteiger partial charge on any atom is -0.480 e. The highest BCUT2D eigenvalue weighted by atomic mass is 16.5. The maximum atomic E-state index is 12.2. The van der Waals surface area contributed by atoms with Crippen LogP contribution in [0, 0.1) is 5.92 Å². The van der Waals surface area contributed by atoms with Crippen molar-refractivity contribution in [2.24, 2.45) is 5.92 Å². The van der Waals surface area contributed by atoms with Gasteiger partial charge in [-0.15, -0.1) is 0 Å². The second kappa shape index (κ2) is 7.12. The van der Waals surface area contributed by atoms with E-state index in [1.54, 1.807) is 6.92 Å². The molecule has 0 spiro atoms. The fraction of sp³-hybridized carbons (Fsp3) is 0.769. The molecule has 1 saturated heterocycles. The van der Waals surface area contributed by atoms with Crippen molar-refractivity contribution in [2.75, 3.05) is 26.7 Å². The van der Waals surface area contributed by atoms with Crippen molar-refractivity contribution in [3.05, 3.63) is 0 Å². The molecule has 0 aromatic carbocycles. The molecule has 7 nitrogen and oxygen atoms in total. The molecule has 1 aliphatic heterocycles. The number of esters is 1. The third kappa shape index (κ3) is 3.85. The molecule has 0 aromatic rings. The van der Waals surface area contributed by atoms with Gasteiger partial charge in [-0.05, 0) is 26.7 Å². The Balaban J connectivity index is 2.64. The van der Waals surface area contributed by atoms with Gasteiger partial charge in [0.25, 0.3) is 0 Å². The predicted octanol–water partition coefficient (Wildman–Crippen LogP) is 0.786. The number of hydrogen-bond donors (Lipinski definition) is 1. The van der Waals surface area contributed by atoms with Gasteiger partial charge in [-0.3, -0.25) is 4.79 Å². The molecular weight excluding hydrogens is 264 g/mol. The highest BCUT2D eigenvalue weighted by Crippen LogP contribution is 2.19. The Bertz CT molecular complexity index is 385. The zero-order chi connectivity index (χ0) is 15.3. The maximum absolute atomic E-state index is 12.2. The molecular formula is C13H22N2O5. The molecule has 0 aliphatic carbocycles. The molecule has 7 heteroatoms. The van der Waals surface area contributed by atoms with E-state index >= 15 is 0 Å². The van der Waals surface area contributed by atoms with Crippen LogP contribution in [0.1, 0.15) is 26.7 Å². The topological polar surface area (TPSA) is 87.2 Å². The van der Waals surface area contributed by atoms with Crippen LogP contribution in [0.2, 0.25) is 0 Å². The van der Waals surface area contributed by atoms with Gasteiger partial charge in [0.15, 0.2) is 0 Å². The van der Waals surface area contributed by atoms with Crippen LogP contribution in [0.4, 0.5) is 4.79 Å². The van der Waals surface area contributed by atoms with Crippen LogP contribution in [0.25, 0.3) is 0 Å². The van der Waals surface area contributed by atoms with Crippen molar-refractivity contribution < 1.29 is 24.2 Å². The second-order valence-electron chi connectivity index (χ2n) is 4.94. The summed E-state index contributed by atoms with van der Waals surface area (Å²) in [6.07, 6.45) is 1.41. The van der Waals surface area contributed by atoms with Gasteiger partial charge in [0, 0.05) is 20.1 Å². The van der Waals surface area contributed by atoms with E-state index in [0.717, 1.165) is 0 Å². The van der Waals surface area contributed by atoms with Gasteiger partial charge in [0.1, 0.15) is 6.04 Å². The summed E-state index contributed by atoms with van der Waals surface area (Å²) < 4.78 is 4.97. The molecule has 1 aliphatic rings. The number of likely N-dealkylation sites (tertiary alicyclic amines) is 1. The number of carbonyl (C=O) groups excluding carboxylic acids is 2. The number of rotatable bonds is 4. The van der Waals surface area contributed by atoms with Crippen molar-refractivity contribution in [1.82, 2.24) is 9.80 Å². The van der Waals surface area contributed by atoms with Crippen molar-refractivity contribution in [1.29, 1.82) is 0 Å². The smallest absolute Gasteiger partial charge is 0.326 e. The van der Waals surface area contributed by atoms with Crippen molar-refractivity contribution in [2.45, 2.75) is 32.7 Å². The Labute approximate surface area is 118 Å². The third-order valence-corrected chi connectivity index (χ3v) is 3.55. The summed E-state index contributed by atoms with van der Waals surface area (Å²) in [4.78, 5) is 37.5. The third-order valence-electron chi connectivity index (χ3n) is 3.55. The van der Waals surface area contributed by atoms with Gasteiger partial charge in [0.05, 0.1) is 12.5 Å². The molecule has 1 fully saturated rings. The van der Waals surface area contributed by atoms with Crippen LogP contribution in [-0.2, 0) is 14.3 Å². The van der Waals surface area contributed by atoms with Gasteiger partial charge in [0.2, 0.25) is 0 Å². The number of nitrogens with zero attached hydrogens (tertiary/aromatic N) is 2. The van der Waals surface area contributed by atoms with Crippen molar-refractivity contribution in [3.63, 3.8) is 0 Å². The number of piperidine rings is 1. The van der Waals surface area contributed by atoms with Gasteiger partial charge < -0.3 is 19.6 Å². The summed E-state index contributed by atoms with van der Waals surface area (Å²) in [5.74, 6) is -1.67. The van der Waals surface area contributed by atoms with Gasteiger partial charge in [-0.25, -0.2) is 9.59 Å². The lowest BCUT2D eigenvalue weighted by molar-refractivity contribution is -0.149. The summed E-state index contributed by atoms with van der Waals surface area (Å²) in [6, 6.07) is -1.26. The first kappa shape index (κ1) is 16.3. The van der Waals surface area contributed by atoms with Crippen LogP contribution in [0.5, 0.6) is 0 Å². The Kier molecular flexibility index (Phi) is 5.79. The van der Waals surface area contributed by atoms with Crippen LogP contribution in [0.15, 0.2) is 0 Å². The molecule has 2 atom stereocenters. The number of urea groups is 1. The monoisotopic (exact) mass is 286 g/mol. The standard InChI is InChI=1S/C13H22N2O5/c1-4-20-12(18)10-6-5-7-15(8-10)13(19)14(3)9(2)11(16)17/h9-10H,4-8H2,1-3H3,(H,16,17). The number of amides is 2. The molecule has 1 rings (SSSR count). The average molecular weight is 286 g/mol. The van der Waals surface area contributed by atoms with Crippen molar-refractivity contribution in [3.8, 4) is 0 Å². The zero-order valence-corrected chi connectivity index (χ0v) is 12.2. The summed E-state index contributed by atoms with van der Waals surface area (Å²) >= 11 is 0. The van der Waals surface area contributed by atoms with E-state index in [2.05, 4.69) is 0 Å². The maximum Gasteiger partial charge on any atom is 0.326 e. The van der Waals surface area contributed by atoms with E-state index in [1.807, 2.05) is 0 Å². The number of aliphatic carboxylic acids is 1. The summed E-state index contributed by atoms with van der Waals surface area (Å²) in [7, 11) is 1.45. The van der Waals surface area contributed by atoms with E-state index in [1.165, 1.54) is 23.8 Å². The summed E-state index contributed by atoms with van der Waals surface area (Å²) in [5, 5.41) is 8.92. The van der Waals surface area contributed by atoms with Gasteiger partial charge in [-0.1, -0.05) is 0 Å². The van der Waals surface area contributed by atoms with Crippen molar-refractivity contribution >= 4 is 18.0 Å². The van der Waals surface area contributed by atoms with Crippen LogP contribution in [0.3, 0.4) is 0 Å². The molecule has 0 aromatic heterocycles. The number of carboxylic acids is 1. The SMILES string of the molecule is CCOC(=O)C1CCCN(C(=O)N(C)C(C)C(=O)O)C1. The lowest BCUT2D eigenvalue weighted by Gasteiger charge is -2.35. The number of ether oxygens (including phenoxy) is 1. The largest absolute Gasteiger partial charge is 0.480 e. The first-order valence-electron chi connectivity index (χ1n) is 6.79. The first-order valence-corrected chi connectivity index (χ1v) is 6.79. The van der Waals surface area contributed by atoms with Crippen LogP contribution in [-0.4, -0.2) is 65.7 Å². The highest BCUT2D eigenvalue weighted by Gasteiger charge is 2.32. The zero-order valence-electron chi connectivity index (χ0n) is 12.2.